The molecule has 0 spiro atoms. The number of anilines is 1. The van der Waals surface area contributed by atoms with Crippen LogP contribution in [-0.2, 0) is 0 Å². The first-order valence-corrected chi connectivity index (χ1v) is 6.65. The number of nitrogens with one attached hydrogen (secondary N) is 1. The lowest BCUT2D eigenvalue weighted by Crippen LogP contribution is -2.35. The average Bonchev–Trinajstić information content (AvgIpc) is 2.43. The summed E-state index contributed by atoms with van der Waals surface area (Å²) >= 11 is 0. The van der Waals surface area contributed by atoms with E-state index in [0.29, 0.717) is 19.6 Å². The number of rotatable bonds is 3. The predicted octanol–water partition coefficient (Wildman–Crippen LogP) is 3.02. The molecule has 3 nitrogen and oxygen atoms in total. The van der Waals surface area contributed by atoms with Crippen LogP contribution < -0.4 is 5.32 Å². The highest BCUT2D eigenvalue weighted by Crippen LogP contribution is 2.22. The van der Waals surface area contributed by atoms with Crippen LogP contribution in [0.2, 0.25) is 0 Å². The van der Waals surface area contributed by atoms with E-state index in [9.17, 15) is 13.6 Å². The van der Waals surface area contributed by atoms with Gasteiger partial charge in [0.15, 0.2) is 0 Å². The van der Waals surface area contributed by atoms with Gasteiger partial charge in [-0.2, -0.15) is 0 Å². The molecule has 0 radical (unpaired) electrons. The number of benzene rings is 1. The molecule has 1 aromatic rings. The molecule has 5 heteroatoms. The molecule has 0 aliphatic carbocycles. The molecule has 2 rings (SSSR count). The van der Waals surface area contributed by atoms with E-state index < -0.39 is 11.6 Å². The molecule has 1 saturated heterocycles. The molecule has 1 aromatic carbocycles. The van der Waals surface area contributed by atoms with Crippen molar-refractivity contribution in [2.24, 2.45) is 0 Å². The van der Waals surface area contributed by atoms with Crippen LogP contribution in [0.25, 0.3) is 0 Å². The van der Waals surface area contributed by atoms with Gasteiger partial charge in [0.2, 0.25) is 0 Å². The van der Waals surface area contributed by atoms with Crippen LogP contribution >= 0.6 is 0 Å². The lowest BCUT2D eigenvalue weighted by Gasteiger charge is -2.26. The van der Waals surface area contributed by atoms with Crippen molar-refractivity contribution in [3.8, 4) is 0 Å². The minimum Gasteiger partial charge on any atom is -0.381 e. The maximum Gasteiger partial charge on any atom is 0.254 e. The summed E-state index contributed by atoms with van der Waals surface area (Å²) in [6.45, 7) is 3.51. The van der Waals surface area contributed by atoms with E-state index in [1.807, 2.05) is 0 Å². The van der Waals surface area contributed by atoms with Crippen molar-refractivity contribution in [2.45, 2.75) is 26.2 Å². The summed E-state index contributed by atoms with van der Waals surface area (Å²) in [7, 11) is 0. The van der Waals surface area contributed by atoms with Gasteiger partial charge in [-0.05, 0) is 38.3 Å². The number of piperidine rings is 1. The highest BCUT2D eigenvalue weighted by molar-refractivity contribution is 5.94. The number of likely N-dealkylation sites (tertiary alicyclic amines) is 1. The highest BCUT2D eigenvalue weighted by atomic mass is 19.1. The van der Waals surface area contributed by atoms with Gasteiger partial charge in [0.05, 0.1) is 0 Å². The third-order valence-electron chi connectivity index (χ3n) is 3.29. The van der Waals surface area contributed by atoms with Crippen LogP contribution in [0.15, 0.2) is 12.1 Å². The Morgan fingerprint density at radius 2 is 1.79 bits per heavy atom. The second kappa shape index (κ2) is 5.99. The molecule has 0 bridgehead atoms. The van der Waals surface area contributed by atoms with Crippen LogP contribution in [0.4, 0.5) is 14.5 Å². The Hall–Kier alpha value is -1.65. The fourth-order valence-corrected chi connectivity index (χ4v) is 2.32. The normalized spacial score (nSPS) is 15.4. The molecular weight excluding hydrogens is 250 g/mol. The van der Waals surface area contributed by atoms with Crippen molar-refractivity contribution in [1.29, 1.82) is 0 Å². The summed E-state index contributed by atoms with van der Waals surface area (Å²) in [5.41, 5.74) is -0.0868. The maximum atomic E-state index is 13.8. The predicted molar refractivity (Wildman–Crippen MR) is 70.3 cm³/mol. The Morgan fingerprint density at radius 1 is 1.21 bits per heavy atom. The van der Waals surface area contributed by atoms with Gasteiger partial charge in [-0.1, -0.05) is 0 Å². The Balaban J connectivity index is 2.22. The van der Waals surface area contributed by atoms with Crippen LogP contribution in [0.5, 0.6) is 0 Å². The largest absolute Gasteiger partial charge is 0.381 e. The van der Waals surface area contributed by atoms with Gasteiger partial charge in [0.25, 0.3) is 5.91 Å². The van der Waals surface area contributed by atoms with E-state index in [0.717, 1.165) is 31.4 Å². The average molecular weight is 268 g/mol. The van der Waals surface area contributed by atoms with Crippen molar-refractivity contribution in [3.05, 3.63) is 29.3 Å². The van der Waals surface area contributed by atoms with Crippen molar-refractivity contribution < 1.29 is 13.6 Å². The summed E-state index contributed by atoms with van der Waals surface area (Å²) < 4.78 is 27.5. The smallest absolute Gasteiger partial charge is 0.254 e. The van der Waals surface area contributed by atoms with Gasteiger partial charge in [-0.25, -0.2) is 8.78 Å². The minimum absolute atomic E-state index is 0.0820. The van der Waals surface area contributed by atoms with Crippen LogP contribution in [-0.4, -0.2) is 30.4 Å². The Labute approximate surface area is 111 Å². The van der Waals surface area contributed by atoms with Crippen LogP contribution in [0.3, 0.4) is 0 Å². The van der Waals surface area contributed by atoms with Crippen LogP contribution in [0.1, 0.15) is 36.5 Å². The molecule has 1 aliphatic rings. The first kappa shape index (κ1) is 13.8. The SMILES string of the molecule is CCNc1c(F)cc(C(=O)N2CCCCC2)cc1F. The first-order valence-electron chi connectivity index (χ1n) is 6.65. The lowest BCUT2D eigenvalue weighted by molar-refractivity contribution is 0.0723. The zero-order valence-electron chi connectivity index (χ0n) is 11.0. The summed E-state index contributed by atoms with van der Waals surface area (Å²) in [5.74, 6) is -1.73. The number of hydrogen-bond donors (Lipinski definition) is 1. The Morgan fingerprint density at radius 3 is 2.32 bits per heavy atom. The number of carbonyl (C=O) groups is 1. The van der Waals surface area contributed by atoms with Gasteiger partial charge in [0.1, 0.15) is 17.3 Å². The molecule has 1 heterocycles. The fraction of sp³-hybridized carbons (Fsp3) is 0.500. The topological polar surface area (TPSA) is 32.3 Å². The Bertz CT molecular complexity index is 448. The third-order valence-corrected chi connectivity index (χ3v) is 3.29. The van der Waals surface area contributed by atoms with Gasteiger partial charge in [-0.15, -0.1) is 0 Å². The number of amides is 1. The highest BCUT2D eigenvalue weighted by Gasteiger charge is 2.21. The van der Waals surface area contributed by atoms with E-state index >= 15 is 0 Å². The van der Waals surface area contributed by atoms with Crippen molar-refractivity contribution >= 4 is 11.6 Å². The van der Waals surface area contributed by atoms with E-state index in [1.165, 1.54) is 0 Å². The molecule has 1 N–H and O–H groups in total. The molecule has 1 fully saturated rings. The Kier molecular flexibility index (Phi) is 4.35. The third kappa shape index (κ3) is 3.03. The summed E-state index contributed by atoms with van der Waals surface area (Å²) in [4.78, 5) is 13.8. The molecule has 1 amide bonds. The molecule has 19 heavy (non-hydrogen) atoms. The second-order valence-corrected chi connectivity index (χ2v) is 4.70. The van der Waals surface area contributed by atoms with E-state index in [1.54, 1.807) is 11.8 Å². The molecule has 0 saturated carbocycles. The number of carbonyl (C=O) groups excluding carboxylic acids is 1. The number of hydrogen-bond acceptors (Lipinski definition) is 2. The quantitative estimate of drug-likeness (QED) is 0.914. The monoisotopic (exact) mass is 268 g/mol. The molecule has 0 aromatic heterocycles. The van der Waals surface area contributed by atoms with Crippen LogP contribution in [0, 0.1) is 11.6 Å². The van der Waals surface area contributed by atoms with Crippen molar-refractivity contribution in [2.75, 3.05) is 25.0 Å². The molecule has 0 atom stereocenters. The van der Waals surface area contributed by atoms with Gasteiger partial charge in [0, 0.05) is 25.2 Å². The molecule has 1 aliphatic heterocycles. The van der Waals surface area contributed by atoms with Crippen molar-refractivity contribution in [3.63, 3.8) is 0 Å². The standard InChI is InChI=1S/C14H18F2N2O/c1-2-17-13-11(15)8-10(9-12(13)16)14(19)18-6-4-3-5-7-18/h8-9,17H,2-7H2,1H3. The van der Waals surface area contributed by atoms with E-state index in [4.69, 9.17) is 0 Å². The summed E-state index contributed by atoms with van der Waals surface area (Å²) in [6, 6.07) is 2.22. The maximum absolute atomic E-state index is 13.8. The van der Waals surface area contributed by atoms with Gasteiger partial charge >= 0.3 is 0 Å². The fourth-order valence-electron chi connectivity index (χ4n) is 2.32. The van der Waals surface area contributed by atoms with Gasteiger partial charge in [-0.3, -0.25) is 4.79 Å². The number of halogens is 2. The molecular formula is C14H18F2N2O. The minimum atomic E-state index is -0.720. The summed E-state index contributed by atoms with van der Waals surface area (Å²) in [5, 5.41) is 2.61. The second-order valence-electron chi connectivity index (χ2n) is 4.70. The first-order chi connectivity index (χ1) is 9.13. The number of nitrogens with zero attached hydrogens (tertiary/aromatic N) is 1. The van der Waals surface area contributed by atoms with E-state index in [-0.39, 0.29) is 17.2 Å². The van der Waals surface area contributed by atoms with Gasteiger partial charge < -0.3 is 10.2 Å². The molecule has 0 unspecified atom stereocenters. The molecule has 104 valence electrons. The summed E-state index contributed by atoms with van der Waals surface area (Å²) in [6.07, 6.45) is 3.00. The van der Waals surface area contributed by atoms with E-state index in [2.05, 4.69) is 5.32 Å². The van der Waals surface area contributed by atoms with Crippen molar-refractivity contribution in [1.82, 2.24) is 4.90 Å². The zero-order chi connectivity index (χ0) is 13.8. The zero-order valence-corrected chi connectivity index (χ0v) is 11.0. The lowest BCUT2D eigenvalue weighted by atomic mass is 10.1.